The first-order valence-corrected chi connectivity index (χ1v) is 8.16. The van der Waals surface area contributed by atoms with Crippen LogP contribution < -0.4 is 16.0 Å². The van der Waals surface area contributed by atoms with Crippen LogP contribution in [0, 0.1) is 18.2 Å². The number of amides is 1. The van der Waals surface area contributed by atoms with Gasteiger partial charge in [-0.1, -0.05) is 24.1 Å². The van der Waals surface area contributed by atoms with E-state index >= 15 is 0 Å². The van der Waals surface area contributed by atoms with E-state index in [0.717, 1.165) is 5.56 Å². The van der Waals surface area contributed by atoms with Gasteiger partial charge in [0.05, 0.1) is 6.54 Å². The second-order valence-electron chi connectivity index (χ2n) is 5.50. The SMILES string of the molecule is C#Cc1cccc(NC(=O)CNC(=NC)NCCc2ccc(F)cc2)c1. The minimum absolute atomic E-state index is 0.0660. The molecule has 5 nitrogen and oxygen atoms in total. The van der Waals surface area contributed by atoms with E-state index < -0.39 is 0 Å². The Morgan fingerprint density at radius 3 is 2.65 bits per heavy atom. The van der Waals surface area contributed by atoms with E-state index in [0.29, 0.717) is 30.2 Å². The number of nitrogens with one attached hydrogen (secondary N) is 3. The molecule has 0 heterocycles. The van der Waals surface area contributed by atoms with Crippen LogP contribution in [-0.2, 0) is 11.2 Å². The van der Waals surface area contributed by atoms with E-state index in [1.807, 2.05) is 0 Å². The van der Waals surface area contributed by atoms with E-state index in [4.69, 9.17) is 6.42 Å². The number of halogens is 1. The van der Waals surface area contributed by atoms with Gasteiger partial charge in [0, 0.05) is 24.8 Å². The molecule has 0 atom stereocenters. The average molecular weight is 352 g/mol. The highest BCUT2D eigenvalue weighted by Gasteiger charge is 2.05. The molecule has 0 saturated carbocycles. The number of rotatable bonds is 6. The van der Waals surface area contributed by atoms with Gasteiger partial charge < -0.3 is 16.0 Å². The zero-order valence-electron chi connectivity index (χ0n) is 14.6. The maximum absolute atomic E-state index is 12.9. The molecule has 6 heteroatoms. The summed E-state index contributed by atoms with van der Waals surface area (Å²) in [6.45, 7) is 0.674. The fourth-order valence-corrected chi connectivity index (χ4v) is 2.25. The first-order chi connectivity index (χ1) is 12.6. The Balaban J connectivity index is 1.74. The summed E-state index contributed by atoms with van der Waals surface area (Å²) in [6.07, 6.45) is 6.06. The van der Waals surface area contributed by atoms with Gasteiger partial charge in [-0.2, -0.15) is 0 Å². The van der Waals surface area contributed by atoms with Gasteiger partial charge >= 0.3 is 0 Å². The lowest BCUT2D eigenvalue weighted by Crippen LogP contribution is -2.42. The molecule has 26 heavy (non-hydrogen) atoms. The Kier molecular flexibility index (Phi) is 7.19. The first kappa shape index (κ1) is 19.0. The van der Waals surface area contributed by atoms with E-state index in [-0.39, 0.29) is 18.3 Å². The number of guanidine groups is 1. The summed E-state index contributed by atoms with van der Waals surface area (Å²) >= 11 is 0. The van der Waals surface area contributed by atoms with Crippen molar-refractivity contribution in [1.82, 2.24) is 10.6 Å². The highest BCUT2D eigenvalue weighted by Crippen LogP contribution is 2.09. The van der Waals surface area contributed by atoms with Gasteiger partial charge in [0.15, 0.2) is 5.96 Å². The number of carbonyl (C=O) groups excluding carboxylic acids is 1. The Morgan fingerprint density at radius 2 is 1.96 bits per heavy atom. The Bertz CT molecular complexity index is 809. The number of nitrogens with zero attached hydrogens (tertiary/aromatic N) is 1. The number of hydrogen-bond acceptors (Lipinski definition) is 2. The molecule has 0 radical (unpaired) electrons. The molecule has 2 aromatic rings. The summed E-state index contributed by atoms with van der Waals surface area (Å²) in [6, 6.07) is 13.4. The second-order valence-corrected chi connectivity index (χ2v) is 5.50. The van der Waals surface area contributed by atoms with Crippen LogP contribution in [-0.4, -0.2) is 32.0 Å². The van der Waals surface area contributed by atoms with Crippen molar-refractivity contribution >= 4 is 17.6 Å². The maximum Gasteiger partial charge on any atom is 0.243 e. The fraction of sp³-hybridized carbons (Fsp3) is 0.200. The Morgan fingerprint density at radius 1 is 1.19 bits per heavy atom. The molecule has 0 aliphatic carbocycles. The smallest absolute Gasteiger partial charge is 0.243 e. The molecule has 2 aromatic carbocycles. The molecule has 0 aliphatic rings. The minimum atomic E-state index is -0.252. The summed E-state index contributed by atoms with van der Waals surface area (Å²) < 4.78 is 12.9. The third-order valence-electron chi connectivity index (χ3n) is 3.57. The van der Waals surface area contributed by atoms with Crippen molar-refractivity contribution in [3.8, 4) is 12.3 Å². The van der Waals surface area contributed by atoms with Crippen LogP contribution in [0.5, 0.6) is 0 Å². The fourth-order valence-electron chi connectivity index (χ4n) is 2.25. The molecule has 0 spiro atoms. The standard InChI is InChI=1S/C20H21FN4O/c1-3-15-5-4-6-18(13-15)25-19(26)14-24-20(22-2)23-12-11-16-7-9-17(21)10-8-16/h1,4-10,13H,11-12,14H2,2H3,(H,25,26)(H2,22,23,24). The number of carbonyl (C=O) groups is 1. The first-order valence-electron chi connectivity index (χ1n) is 8.16. The predicted octanol–water partition coefficient (Wildman–Crippen LogP) is 2.15. The Labute approximate surface area is 152 Å². The lowest BCUT2D eigenvalue weighted by Gasteiger charge is -2.12. The van der Waals surface area contributed by atoms with Crippen molar-refractivity contribution in [2.45, 2.75) is 6.42 Å². The molecule has 0 fully saturated rings. The number of terminal acetylenes is 1. The summed E-state index contributed by atoms with van der Waals surface area (Å²) in [4.78, 5) is 16.1. The molecule has 0 saturated heterocycles. The van der Waals surface area contributed by atoms with Crippen molar-refractivity contribution in [2.75, 3.05) is 25.5 Å². The molecule has 3 N–H and O–H groups in total. The highest BCUT2D eigenvalue weighted by molar-refractivity contribution is 5.95. The zero-order chi connectivity index (χ0) is 18.8. The topological polar surface area (TPSA) is 65.5 Å². The van der Waals surface area contributed by atoms with Crippen molar-refractivity contribution in [3.05, 3.63) is 65.5 Å². The van der Waals surface area contributed by atoms with Crippen molar-refractivity contribution in [1.29, 1.82) is 0 Å². The van der Waals surface area contributed by atoms with Gasteiger partial charge in [-0.25, -0.2) is 4.39 Å². The van der Waals surface area contributed by atoms with Gasteiger partial charge in [-0.3, -0.25) is 9.79 Å². The van der Waals surface area contributed by atoms with Crippen molar-refractivity contribution in [2.24, 2.45) is 4.99 Å². The third kappa shape index (κ3) is 6.29. The van der Waals surface area contributed by atoms with Gasteiger partial charge in [0.2, 0.25) is 5.91 Å². The largest absolute Gasteiger partial charge is 0.356 e. The second kappa shape index (κ2) is 9.84. The average Bonchev–Trinajstić information content (AvgIpc) is 2.66. The molecule has 1 amide bonds. The monoisotopic (exact) mass is 352 g/mol. The molecular formula is C20H21FN4O. The summed E-state index contributed by atoms with van der Waals surface area (Å²) in [5, 5.41) is 8.82. The van der Waals surface area contributed by atoms with Crippen LogP contribution in [0.2, 0.25) is 0 Å². The molecular weight excluding hydrogens is 331 g/mol. The summed E-state index contributed by atoms with van der Waals surface area (Å²) in [5.41, 5.74) is 2.36. The number of anilines is 1. The Hall–Kier alpha value is -3.33. The molecule has 0 unspecified atom stereocenters. The molecule has 2 rings (SSSR count). The number of aliphatic imine (C=N–C) groups is 1. The van der Waals surface area contributed by atoms with E-state index in [9.17, 15) is 9.18 Å². The van der Waals surface area contributed by atoms with E-state index in [2.05, 4.69) is 26.9 Å². The summed E-state index contributed by atoms with van der Waals surface area (Å²) in [5.74, 6) is 2.58. The minimum Gasteiger partial charge on any atom is -0.356 e. The van der Waals surface area contributed by atoms with Gasteiger partial charge in [-0.15, -0.1) is 6.42 Å². The van der Waals surface area contributed by atoms with Crippen LogP contribution >= 0.6 is 0 Å². The van der Waals surface area contributed by atoms with Crippen LogP contribution in [0.4, 0.5) is 10.1 Å². The summed E-state index contributed by atoms with van der Waals surface area (Å²) in [7, 11) is 1.63. The molecule has 134 valence electrons. The van der Waals surface area contributed by atoms with Gasteiger partial charge in [-0.05, 0) is 42.3 Å². The van der Waals surface area contributed by atoms with E-state index in [1.54, 1.807) is 43.4 Å². The van der Waals surface area contributed by atoms with Crippen LogP contribution in [0.1, 0.15) is 11.1 Å². The third-order valence-corrected chi connectivity index (χ3v) is 3.57. The van der Waals surface area contributed by atoms with Crippen molar-refractivity contribution < 1.29 is 9.18 Å². The van der Waals surface area contributed by atoms with Crippen LogP contribution in [0.3, 0.4) is 0 Å². The molecule has 0 bridgehead atoms. The zero-order valence-corrected chi connectivity index (χ0v) is 14.6. The highest BCUT2D eigenvalue weighted by atomic mass is 19.1. The number of hydrogen-bond donors (Lipinski definition) is 3. The lowest BCUT2D eigenvalue weighted by atomic mass is 10.1. The van der Waals surface area contributed by atoms with Gasteiger partial charge in [0.1, 0.15) is 5.82 Å². The van der Waals surface area contributed by atoms with Crippen LogP contribution in [0.25, 0.3) is 0 Å². The molecule has 0 aromatic heterocycles. The van der Waals surface area contributed by atoms with E-state index in [1.165, 1.54) is 12.1 Å². The molecule has 0 aliphatic heterocycles. The predicted molar refractivity (Wildman–Crippen MR) is 102 cm³/mol. The normalized spacial score (nSPS) is 10.7. The van der Waals surface area contributed by atoms with Crippen molar-refractivity contribution in [3.63, 3.8) is 0 Å². The lowest BCUT2D eigenvalue weighted by molar-refractivity contribution is -0.115. The maximum atomic E-state index is 12.9. The van der Waals surface area contributed by atoms with Gasteiger partial charge in [0.25, 0.3) is 0 Å². The number of benzene rings is 2. The van der Waals surface area contributed by atoms with Crippen LogP contribution in [0.15, 0.2) is 53.5 Å². The quantitative estimate of drug-likeness (QED) is 0.424.